The van der Waals surface area contributed by atoms with Gasteiger partial charge >= 0.3 is 0 Å². The molecule has 2 fully saturated rings. The summed E-state index contributed by atoms with van der Waals surface area (Å²) in [7, 11) is 0. The number of amides is 1. The van der Waals surface area contributed by atoms with E-state index in [2.05, 4.69) is 51.4 Å². The molecule has 0 saturated carbocycles. The van der Waals surface area contributed by atoms with E-state index >= 15 is 0 Å². The molecule has 0 radical (unpaired) electrons. The van der Waals surface area contributed by atoms with E-state index in [9.17, 15) is 4.79 Å². The summed E-state index contributed by atoms with van der Waals surface area (Å²) in [6, 6.07) is 19.9. The number of hydrogen-bond acceptors (Lipinski definition) is 5. The SMILES string of the molecule is N#Cc1cccc(C(=O)NC2CCN(C3CC(c4ccccc4)NN3)CC2)c1. The summed E-state index contributed by atoms with van der Waals surface area (Å²) in [4.78, 5) is 14.9. The monoisotopic (exact) mass is 375 g/mol. The van der Waals surface area contributed by atoms with Crippen molar-refractivity contribution in [2.45, 2.75) is 37.5 Å². The van der Waals surface area contributed by atoms with E-state index in [-0.39, 0.29) is 11.9 Å². The smallest absolute Gasteiger partial charge is 0.251 e. The van der Waals surface area contributed by atoms with Crippen molar-refractivity contribution in [2.24, 2.45) is 0 Å². The normalized spacial score (nSPS) is 23.2. The highest BCUT2D eigenvalue weighted by Gasteiger charge is 2.32. The molecule has 2 aromatic carbocycles. The van der Waals surface area contributed by atoms with Gasteiger partial charge in [-0.25, -0.2) is 10.9 Å². The van der Waals surface area contributed by atoms with E-state index < -0.39 is 0 Å². The molecule has 4 rings (SSSR count). The molecule has 1 amide bonds. The van der Waals surface area contributed by atoms with Crippen molar-refractivity contribution >= 4 is 5.91 Å². The Morgan fingerprint density at radius 2 is 1.86 bits per heavy atom. The molecule has 3 N–H and O–H groups in total. The number of carbonyl (C=O) groups is 1. The van der Waals surface area contributed by atoms with Gasteiger partial charge in [0.05, 0.1) is 17.8 Å². The maximum absolute atomic E-state index is 12.5. The Balaban J connectivity index is 1.27. The number of carbonyl (C=O) groups excluding carboxylic acids is 1. The van der Waals surface area contributed by atoms with Gasteiger partial charge in [-0.2, -0.15) is 5.26 Å². The third-order valence-corrected chi connectivity index (χ3v) is 5.64. The lowest BCUT2D eigenvalue weighted by atomic mass is 10.0. The molecule has 2 atom stereocenters. The van der Waals surface area contributed by atoms with Crippen molar-refractivity contribution in [2.75, 3.05) is 13.1 Å². The van der Waals surface area contributed by atoms with E-state index in [4.69, 9.17) is 5.26 Å². The summed E-state index contributed by atoms with van der Waals surface area (Å²) in [6.45, 7) is 1.90. The van der Waals surface area contributed by atoms with E-state index in [0.717, 1.165) is 32.4 Å². The van der Waals surface area contributed by atoms with Crippen molar-refractivity contribution in [3.63, 3.8) is 0 Å². The highest BCUT2D eigenvalue weighted by atomic mass is 16.1. The summed E-state index contributed by atoms with van der Waals surface area (Å²) in [6.07, 6.45) is 3.20. The lowest BCUT2D eigenvalue weighted by Crippen LogP contribution is -2.51. The van der Waals surface area contributed by atoms with Crippen LogP contribution in [-0.4, -0.2) is 36.1 Å². The molecule has 2 aromatic rings. The number of piperidine rings is 1. The minimum Gasteiger partial charge on any atom is -0.349 e. The van der Waals surface area contributed by atoms with E-state index in [0.29, 0.717) is 23.3 Å². The Morgan fingerprint density at radius 3 is 2.61 bits per heavy atom. The summed E-state index contributed by atoms with van der Waals surface area (Å²) in [5, 5.41) is 12.1. The van der Waals surface area contributed by atoms with Crippen molar-refractivity contribution in [3.05, 3.63) is 71.3 Å². The maximum Gasteiger partial charge on any atom is 0.251 e. The number of nitrogens with one attached hydrogen (secondary N) is 3. The second-order valence-corrected chi connectivity index (χ2v) is 7.48. The van der Waals surface area contributed by atoms with Crippen LogP contribution in [0.5, 0.6) is 0 Å². The van der Waals surface area contributed by atoms with Gasteiger partial charge in [0.1, 0.15) is 0 Å². The quantitative estimate of drug-likeness (QED) is 0.764. The highest BCUT2D eigenvalue weighted by Crippen LogP contribution is 2.25. The first-order valence-corrected chi connectivity index (χ1v) is 9.84. The zero-order valence-electron chi connectivity index (χ0n) is 15.8. The molecule has 6 nitrogen and oxygen atoms in total. The van der Waals surface area contributed by atoms with Crippen LogP contribution >= 0.6 is 0 Å². The van der Waals surface area contributed by atoms with Crippen LogP contribution in [-0.2, 0) is 0 Å². The van der Waals surface area contributed by atoms with Gasteiger partial charge < -0.3 is 5.32 Å². The Morgan fingerprint density at radius 1 is 1.07 bits per heavy atom. The predicted molar refractivity (Wildman–Crippen MR) is 107 cm³/mol. The molecule has 2 heterocycles. The van der Waals surface area contributed by atoms with Crippen LogP contribution in [0.1, 0.15) is 46.8 Å². The molecular weight excluding hydrogens is 350 g/mol. The fourth-order valence-electron chi connectivity index (χ4n) is 4.04. The van der Waals surface area contributed by atoms with Crippen LogP contribution in [0, 0.1) is 11.3 Å². The zero-order valence-corrected chi connectivity index (χ0v) is 15.8. The van der Waals surface area contributed by atoms with Crippen LogP contribution in [0.2, 0.25) is 0 Å². The molecule has 2 saturated heterocycles. The number of hydrazine groups is 1. The van der Waals surface area contributed by atoms with Gasteiger partial charge in [0.25, 0.3) is 5.91 Å². The molecule has 2 aliphatic heterocycles. The minimum atomic E-state index is -0.0969. The van der Waals surface area contributed by atoms with Gasteiger partial charge in [0.15, 0.2) is 0 Å². The third-order valence-electron chi connectivity index (χ3n) is 5.64. The number of rotatable bonds is 4. The van der Waals surface area contributed by atoms with Gasteiger partial charge in [-0.1, -0.05) is 36.4 Å². The van der Waals surface area contributed by atoms with Gasteiger partial charge in [-0.3, -0.25) is 9.69 Å². The van der Waals surface area contributed by atoms with Gasteiger partial charge in [-0.15, -0.1) is 0 Å². The van der Waals surface area contributed by atoms with Crippen LogP contribution < -0.4 is 16.2 Å². The lowest BCUT2D eigenvalue weighted by molar-refractivity contribution is 0.0880. The number of benzene rings is 2. The first-order chi connectivity index (χ1) is 13.7. The molecule has 144 valence electrons. The van der Waals surface area contributed by atoms with Crippen molar-refractivity contribution in [1.29, 1.82) is 5.26 Å². The Hall–Kier alpha value is -2.72. The molecule has 28 heavy (non-hydrogen) atoms. The molecule has 2 unspecified atom stereocenters. The second kappa shape index (κ2) is 8.53. The molecular formula is C22H25N5O. The molecule has 0 aliphatic carbocycles. The summed E-state index contributed by atoms with van der Waals surface area (Å²) in [5.41, 5.74) is 9.20. The Labute approximate surface area is 165 Å². The number of nitrogens with zero attached hydrogens (tertiary/aromatic N) is 2. The number of hydrogen-bond donors (Lipinski definition) is 3. The number of likely N-dealkylation sites (tertiary alicyclic amines) is 1. The van der Waals surface area contributed by atoms with Crippen LogP contribution in [0.4, 0.5) is 0 Å². The van der Waals surface area contributed by atoms with E-state index in [1.54, 1.807) is 24.3 Å². The number of nitriles is 1. The molecule has 2 aliphatic rings. The van der Waals surface area contributed by atoms with Gasteiger partial charge in [0, 0.05) is 30.7 Å². The predicted octanol–water partition coefficient (Wildman–Crippen LogP) is 2.32. The van der Waals surface area contributed by atoms with E-state index in [1.165, 1.54) is 5.56 Å². The summed E-state index contributed by atoms with van der Waals surface area (Å²) in [5.74, 6) is -0.0969. The Bertz CT molecular complexity index is 855. The Kier molecular flexibility index (Phi) is 5.68. The van der Waals surface area contributed by atoms with Crippen LogP contribution in [0.25, 0.3) is 0 Å². The minimum absolute atomic E-state index is 0.0969. The third kappa shape index (κ3) is 4.23. The van der Waals surface area contributed by atoms with Crippen molar-refractivity contribution < 1.29 is 4.79 Å². The first-order valence-electron chi connectivity index (χ1n) is 9.84. The van der Waals surface area contributed by atoms with Crippen LogP contribution in [0.3, 0.4) is 0 Å². The maximum atomic E-state index is 12.5. The van der Waals surface area contributed by atoms with Crippen LogP contribution in [0.15, 0.2) is 54.6 Å². The van der Waals surface area contributed by atoms with Crippen molar-refractivity contribution in [3.8, 4) is 6.07 Å². The lowest BCUT2D eigenvalue weighted by Gasteiger charge is -2.35. The van der Waals surface area contributed by atoms with Crippen molar-refractivity contribution in [1.82, 2.24) is 21.1 Å². The zero-order chi connectivity index (χ0) is 19.3. The topological polar surface area (TPSA) is 80.2 Å². The molecule has 6 heteroatoms. The fourth-order valence-corrected chi connectivity index (χ4v) is 4.04. The average molecular weight is 375 g/mol. The molecule has 0 spiro atoms. The highest BCUT2D eigenvalue weighted by molar-refractivity contribution is 5.94. The summed E-state index contributed by atoms with van der Waals surface area (Å²) < 4.78 is 0. The fraction of sp³-hybridized carbons (Fsp3) is 0.364. The molecule has 0 bridgehead atoms. The van der Waals surface area contributed by atoms with Gasteiger partial charge in [-0.05, 0) is 43.0 Å². The van der Waals surface area contributed by atoms with Gasteiger partial charge in [0.2, 0.25) is 0 Å². The second-order valence-electron chi connectivity index (χ2n) is 7.48. The standard InChI is InChI=1S/C22H25N5O/c23-15-16-5-4-8-18(13-16)22(28)24-19-9-11-27(12-10-19)21-14-20(25-26-21)17-6-2-1-3-7-17/h1-8,13,19-21,25-26H,9-12,14H2,(H,24,28). The first kappa shape index (κ1) is 18.6. The largest absolute Gasteiger partial charge is 0.349 e. The van der Waals surface area contributed by atoms with E-state index in [1.807, 2.05) is 6.07 Å². The summed E-state index contributed by atoms with van der Waals surface area (Å²) >= 11 is 0. The molecule has 0 aromatic heterocycles. The average Bonchev–Trinajstić information content (AvgIpc) is 3.25.